The van der Waals surface area contributed by atoms with Crippen LogP contribution in [-0.2, 0) is 9.84 Å². The van der Waals surface area contributed by atoms with Gasteiger partial charge in [-0.05, 0) is 36.0 Å². The first kappa shape index (κ1) is 16.5. The van der Waals surface area contributed by atoms with Crippen LogP contribution in [0.25, 0.3) is 0 Å². The highest BCUT2D eigenvalue weighted by Crippen LogP contribution is 2.37. The summed E-state index contributed by atoms with van der Waals surface area (Å²) in [5.41, 5.74) is 1.02. The van der Waals surface area contributed by atoms with Gasteiger partial charge in [0, 0.05) is 18.8 Å². The van der Waals surface area contributed by atoms with Crippen LogP contribution in [0.2, 0.25) is 0 Å². The van der Waals surface area contributed by atoms with Gasteiger partial charge in [0.05, 0.1) is 11.0 Å². The van der Waals surface area contributed by atoms with Crippen LogP contribution >= 0.6 is 0 Å². The van der Waals surface area contributed by atoms with Crippen molar-refractivity contribution in [3.8, 4) is 0 Å². The third-order valence-electron chi connectivity index (χ3n) is 4.51. The molecule has 5 heteroatoms. The molecule has 21 heavy (non-hydrogen) atoms. The van der Waals surface area contributed by atoms with Crippen LogP contribution in [-0.4, -0.2) is 32.4 Å². The predicted octanol–water partition coefficient (Wildman–Crippen LogP) is 2.29. The topological polar surface area (TPSA) is 66.4 Å². The smallest absolute Gasteiger partial charge is 0.175 e. The quantitative estimate of drug-likeness (QED) is 0.875. The molecule has 1 fully saturated rings. The average Bonchev–Trinajstić information content (AvgIpc) is 2.74. The molecule has 2 rings (SSSR count). The highest BCUT2D eigenvalue weighted by Gasteiger charge is 2.34. The second-order valence-corrected chi connectivity index (χ2v) is 8.71. The molecule has 1 saturated carbocycles. The molecule has 2 atom stereocenters. The molecule has 1 aromatic carbocycles. The zero-order valence-electron chi connectivity index (χ0n) is 13.0. The molecule has 1 aliphatic carbocycles. The fraction of sp³-hybridized carbons (Fsp3) is 0.625. The maximum Gasteiger partial charge on any atom is 0.175 e. The van der Waals surface area contributed by atoms with Crippen molar-refractivity contribution in [2.75, 3.05) is 12.8 Å². The van der Waals surface area contributed by atoms with E-state index in [4.69, 9.17) is 0 Å². The third kappa shape index (κ3) is 4.05. The lowest BCUT2D eigenvalue weighted by Gasteiger charge is -2.29. The molecule has 2 N–H and O–H groups in total. The van der Waals surface area contributed by atoms with E-state index in [-0.39, 0.29) is 10.3 Å². The van der Waals surface area contributed by atoms with E-state index in [9.17, 15) is 13.5 Å². The Kier molecular flexibility index (Phi) is 4.76. The summed E-state index contributed by atoms with van der Waals surface area (Å²) < 4.78 is 22.8. The second-order valence-electron chi connectivity index (χ2n) is 6.70. The highest BCUT2D eigenvalue weighted by molar-refractivity contribution is 7.90. The molecule has 118 valence electrons. The summed E-state index contributed by atoms with van der Waals surface area (Å²) >= 11 is 0. The fourth-order valence-corrected chi connectivity index (χ4v) is 3.64. The van der Waals surface area contributed by atoms with Crippen LogP contribution in [0.1, 0.15) is 44.8 Å². The molecule has 0 heterocycles. The molecule has 0 spiro atoms. The van der Waals surface area contributed by atoms with E-state index in [2.05, 4.69) is 19.2 Å². The van der Waals surface area contributed by atoms with Crippen molar-refractivity contribution in [3.05, 3.63) is 29.8 Å². The Morgan fingerprint density at radius 3 is 2.43 bits per heavy atom. The predicted molar refractivity (Wildman–Crippen MR) is 83.9 cm³/mol. The molecule has 0 radical (unpaired) electrons. The largest absolute Gasteiger partial charge is 0.387 e. The Bertz CT molecular complexity index is 578. The number of aliphatic hydroxyl groups is 1. The van der Waals surface area contributed by atoms with E-state index in [0.717, 1.165) is 12.0 Å². The Hall–Kier alpha value is -0.910. The first-order chi connectivity index (χ1) is 9.70. The minimum absolute atomic E-state index is 0.278. The number of sulfone groups is 1. The molecular formula is C16H25NO3S. The van der Waals surface area contributed by atoms with Crippen molar-refractivity contribution in [2.24, 2.45) is 5.41 Å². The molecule has 0 aromatic heterocycles. The molecule has 0 amide bonds. The van der Waals surface area contributed by atoms with E-state index >= 15 is 0 Å². The standard InChI is InChI=1S/C16H25NO3S/c1-16(2)10-4-5-15(16)17-11-14(18)12-6-8-13(9-7-12)21(3,19)20/h6-9,14-15,17-18H,4-5,10-11H2,1-3H3. The van der Waals surface area contributed by atoms with Crippen LogP contribution < -0.4 is 5.32 Å². The van der Waals surface area contributed by atoms with Gasteiger partial charge in [-0.2, -0.15) is 0 Å². The summed E-state index contributed by atoms with van der Waals surface area (Å²) in [6, 6.07) is 6.90. The van der Waals surface area contributed by atoms with Crippen LogP contribution in [0.3, 0.4) is 0 Å². The summed E-state index contributed by atoms with van der Waals surface area (Å²) in [4.78, 5) is 0.281. The van der Waals surface area contributed by atoms with Crippen molar-refractivity contribution in [1.82, 2.24) is 5.32 Å². The minimum Gasteiger partial charge on any atom is -0.387 e. The first-order valence-electron chi connectivity index (χ1n) is 7.41. The van der Waals surface area contributed by atoms with Crippen molar-refractivity contribution >= 4 is 9.84 Å². The highest BCUT2D eigenvalue weighted by atomic mass is 32.2. The Morgan fingerprint density at radius 2 is 1.95 bits per heavy atom. The average molecular weight is 311 g/mol. The number of rotatable bonds is 5. The second kappa shape index (κ2) is 6.07. The molecule has 0 saturated heterocycles. The zero-order chi connectivity index (χ0) is 15.7. The van der Waals surface area contributed by atoms with Crippen LogP contribution in [0.15, 0.2) is 29.2 Å². The normalized spacial score (nSPS) is 23.1. The summed E-state index contributed by atoms with van der Waals surface area (Å²) in [6.45, 7) is 5.00. The van der Waals surface area contributed by atoms with Crippen molar-refractivity contribution < 1.29 is 13.5 Å². The van der Waals surface area contributed by atoms with Crippen LogP contribution in [0.4, 0.5) is 0 Å². The number of nitrogens with one attached hydrogen (secondary N) is 1. The lowest BCUT2D eigenvalue weighted by Crippen LogP contribution is -2.39. The van der Waals surface area contributed by atoms with Gasteiger partial charge in [0.2, 0.25) is 0 Å². The van der Waals surface area contributed by atoms with Gasteiger partial charge in [-0.25, -0.2) is 8.42 Å². The van der Waals surface area contributed by atoms with Gasteiger partial charge in [-0.1, -0.05) is 32.4 Å². The third-order valence-corrected chi connectivity index (χ3v) is 5.64. The molecular weight excluding hydrogens is 286 g/mol. The Labute approximate surface area is 127 Å². The maximum absolute atomic E-state index is 11.4. The maximum atomic E-state index is 11.4. The fourth-order valence-electron chi connectivity index (χ4n) is 3.01. The lowest BCUT2D eigenvalue weighted by atomic mass is 9.87. The Morgan fingerprint density at radius 1 is 1.33 bits per heavy atom. The van der Waals surface area contributed by atoms with E-state index < -0.39 is 15.9 Å². The molecule has 1 aliphatic rings. The van der Waals surface area contributed by atoms with Crippen molar-refractivity contribution in [3.63, 3.8) is 0 Å². The van der Waals surface area contributed by atoms with Crippen molar-refractivity contribution in [1.29, 1.82) is 0 Å². The molecule has 0 bridgehead atoms. The van der Waals surface area contributed by atoms with Gasteiger partial charge < -0.3 is 10.4 Å². The van der Waals surface area contributed by atoms with E-state index in [1.807, 2.05) is 0 Å². The lowest BCUT2D eigenvalue weighted by molar-refractivity contribution is 0.158. The van der Waals surface area contributed by atoms with Gasteiger partial charge >= 0.3 is 0 Å². The summed E-state index contributed by atoms with van der Waals surface area (Å²) in [5.74, 6) is 0. The molecule has 4 nitrogen and oxygen atoms in total. The number of aliphatic hydroxyl groups excluding tert-OH is 1. The van der Waals surface area contributed by atoms with Gasteiger partial charge in [-0.15, -0.1) is 0 Å². The van der Waals surface area contributed by atoms with Gasteiger partial charge in [0.15, 0.2) is 9.84 Å². The van der Waals surface area contributed by atoms with Gasteiger partial charge in [0.1, 0.15) is 0 Å². The first-order valence-corrected chi connectivity index (χ1v) is 9.31. The van der Waals surface area contributed by atoms with E-state index in [1.165, 1.54) is 19.1 Å². The minimum atomic E-state index is -3.18. The number of hydrogen-bond donors (Lipinski definition) is 2. The SMILES string of the molecule is CC1(C)CCCC1NCC(O)c1ccc(S(C)(=O)=O)cc1. The summed E-state index contributed by atoms with van der Waals surface area (Å²) in [5, 5.41) is 13.7. The molecule has 1 aromatic rings. The van der Waals surface area contributed by atoms with E-state index in [0.29, 0.717) is 12.6 Å². The van der Waals surface area contributed by atoms with Gasteiger partial charge in [-0.3, -0.25) is 0 Å². The number of hydrogen-bond acceptors (Lipinski definition) is 4. The number of benzene rings is 1. The molecule has 0 aliphatic heterocycles. The zero-order valence-corrected chi connectivity index (χ0v) is 13.8. The summed E-state index contributed by atoms with van der Waals surface area (Å²) in [6.07, 6.45) is 4.15. The van der Waals surface area contributed by atoms with Crippen LogP contribution in [0, 0.1) is 5.41 Å². The van der Waals surface area contributed by atoms with Crippen molar-refractivity contribution in [2.45, 2.75) is 50.2 Å². The van der Waals surface area contributed by atoms with Crippen LogP contribution in [0.5, 0.6) is 0 Å². The van der Waals surface area contributed by atoms with Gasteiger partial charge in [0.25, 0.3) is 0 Å². The summed E-state index contributed by atoms with van der Waals surface area (Å²) in [7, 11) is -3.18. The van der Waals surface area contributed by atoms with E-state index in [1.54, 1.807) is 24.3 Å². The molecule has 2 unspecified atom stereocenters. The monoisotopic (exact) mass is 311 g/mol. The Balaban J connectivity index is 1.96.